The SMILES string of the molecule is Cc1nc2n(n1)[C@@H](C(=O)Nc1ccc(C)c(C)c1)CC(=O)N2. The number of aryl methyl sites for hydroxylation is 3. The molecule has 1 aliphatic rings. The third kappa shape index (κ3) is 2.57. The summed E-state index contributed by atoms with van der Waals surface area (Å²) < 4.78 is 1.47. The molecule has 0 unspecified atom stereocenters. The average Bonchev–Trinajstić information content (AvgIpc) is 2.82. The number of aromatic nitrogens is 3. The largest absolute Gasteiger partial charge is 0.324 e. The fourth-order valence-corrected chi connectivity index (χ4v) is 2.42. The van der Waals surface area contributed by atoms with Crippen molar-refractivity contribution in [2.45, 2.75) is 33.2 Å². The number of hydrogen-bond donors (Lipinski definition) is 2. The summed E-state index contributed by atoms with van der Waals surface area (Å²) in [6.07, 6.45) is 0.0481. The zero-order valence-corrected chi connectivity index (χ0v) is 12.7. The lowest BCUT2D eigenvalue weighted by Crippen LogP contribution is -2.36. The van der Waals surface area contributed by atoms with Crippen molar-refractivity contribution in [3.63, 3.8) is 0 Å². The minimum absolute atomic E-state index is 0.0481. The maximum atomic E-state index is 12.5. The Balaban J connectivity index is 1.85. The minimum atomic E-state index is -0.688. The molecule has 0 saturated heterocycles. The quantitative estimate of drug-likeness (QED) is 0.883. The first-order chi connectivity index (χ1) is 10.4. The van der Waals surface area contributed by atoms with Crippen LogP contribution in [-0.4, -0.2) is 26.6 Å². The first-order valence-corrected chi connectivity index (χ1v) is 7.05. The lowest BCUT2D eigenvalue weighted by atomic mass is 10.1. The molecular formula is C15H17N5O2. The number of nitrogens with one attached hydrogen (secondary N) is 2. The number of rotatable bonds is 2. The lowest BCUT2D eigenvalue weighted by Gasteiger charge is -2.22. The highest BCUT2D eigenvalue weighted by Crippen LogP contribution is 2.24. The summed E-state index contributed by atoms with van der Waals surface area (Å²) in [6, 6.07) is 5.01. The van der Waals surface area contributed by atoms with E-state index in [0.717, 1.165) is 11.1 Å². The summed E-state index contributed by atoms with van der Waals surface area (Å²) in [5.74, 6) is 0.319. The molecule has 3 rings (SSSR count). The van der Waals surface area contributed by atoms with Gasteiger partial charge in [0.15, 0.2) is 0 Å². The number of carbonyl (C=O) groups excluding carboxylic acids is 2. The molecule has 0 saturated carbocycles. The van der Waals surface area contributed by atoms with Crippen LogP contribution < -0.4 is 10.6 Å². The molecule has 1 aromatic heterocycles. The standard InChI is InChI=1S/C15H17N5O2/c1-8-4-5-11(6-9(8)2)17-14(22)12-7-13(21)18-15-16-10(3)19-20(12)15/h4-6,12H,7H2,1-3H3,(H,17,22)(H,16,18,19,21)/t12-/m1/s1. The molecular weight excluding hydrogens is 282 g/mol. The van der Waals surface area contributed by atoms with Gasteiger partial charge in [0.2, 0.25) is 17.8 Å². The smallest absolute Gasteiger partial charge is 0.249 e. The van der Waals surface area contributed by atoms with Gasteiger partial charge in [-0.05, 0) is 44.0 Å². The van der Waals surface area contributed by atoms with Crippen LogP contribution in [0.25, 0.3) is 0 Å². The van der Waals surface area contributed by atoms with Crippen molar-refractivity contribution in [3.05, 3.63) is 35.2 Å². The van der Waals surface area contributed by atoms with Gasteiger partial charge in [-0.3, -0.25) is 14.9 Å². The number of anilines is 2. The first-order valence-electron chi connectivity index (χ1n) is 7.05. The highest BCUT2D eigenvalue weighted by molar-refractivity contribution is 6.00. The fourth-order valence-electron chi connectivity index (χ4n) is 2.42. The van der Waals surface area contributed by atoms with Crippen molar-refractivity contribution in [3.8, 4) is 0 Å². The van der Waals surface area contributed by atoms with Gasteiger partial charge in [-0.2, -0.15) is 10.1 Å². The molecule has 22 heavy (non-hydrogen) atoms. The van der Waals surface area contributed by atoms with Gasteiger partial charge in [-0.25, -0.2) is 4.68 Å². The van der Waals surface area contributed by atoms with Gasteiger partial charge in [-0.1, -0.05) is 6.07 Å². The van der Waals surface area contributed by atoms with Crippen LogP contribution in [0.2, 0.25) is 0 Å². The van der Waals surface area contributed by atoms with Crippen molar-refractivity contribution < 1.29 is 9.59 Å². The van der Waals surface area contributed by atoms with Crippen LogP contribution in [0.15, 0.2) is 18.2 Å². The highest BCUT2D eigenvalue weighted by Gasteiger charge is 2.32. The van der Waals surface area contributed by atoms with E-state index in [0.29, 0.717) is 17.5 Å². The topological polar surface area (TPSA) is 88.9 Å². The normalized spacial score (nSPS) is 16.9. The summed E-state index contributed by atoms with van der Waals surface area (Å²) in [6.45, 7) is 5.71. The summed E-state index contributed by atoms with van der Waals surface area (Å²) in [7, 11) is 0. The lowest BCUT2D eigenvalue weighted by molar-refractivity contribution is -0.125. The van der Waals surface area contributed by atoms with Crippen LogP contribution in [-0.2, 0) is 9.59 Å². The molecule has 0 radical (unpaired) electrons. The second-order valence-corrected chi connectivity index (χ2v) is 5.48. The average molecular weight is 299 g/mol. The van der Waals surface area contributed by atoms with E-state index in [4.69, 9.17) is 0 Å². The van der Waals surface area contributed by atoms with E-state index in [1.807, 2.05) is 32.0 Å². The van der Waals surface area contributed by atoms with E-state index >= 15 is 0 Å². The van der Waals surface area contributed by atoms with Gasteiger partial charge in [-0.15, -0.1) is 0 Å². The van der Waals surface area contributed by atoms with Crippen LogP contribution in [0.1, 0.15) is 29.4 Å². The molecule has 2 amide bonds. The van der Waals surface area contributed by atoms with Gasteiger partial charge in [0.1, 0.15) is 11.9 Å². The van der Waals surface area contributed by atoms with Crippen molar-refractivity contribution in [2.24, 2.45) is 0 Å². The first kappa shape index (κ1) is 14.2. The summed E-state index contributed by atoms with van der Waals surface area (Å²) in [5.41, 5.74) is 2.96. The summed E-state index contributed by atoms with van der Waals surface area (Å²) >= 11 is 0. The minimum Gasteiger partial charge on any atom is -0.324 e. The van der Waals surface area contributed by atoms with Crippen molar-refractivity contribution in [1.29, 1.82) is 0 Å². The van der Waals surface area contributed by atoms with Crippen molar-refractivity contribution in [1.82, 2.24) is 14.8 Å². The third-order valence-corrected chi connectivity index (χ3v) is 3.74. The van der Waals surface area contributed by atoms with Gasteiger partial charge in [0, 0.05) is 5.69 Å². The van der Waals surface area contributed by atoms with Crippen LogP contribution in [0.4, 0.5) is 11.6 Å². The number of carbonyl (C=O) groups is 2. The van der Waals surface area contributed by atoms with Gasteiger partial charge in [0.05, 0.1) is 6.42 Å². The van der Waals surface area contributed by atoms with Gasteiger partial charge < -0.3 is 5.32 Å². The molecule has 2 N–H and O–H groups in total. The Morgan fingerprint density at radius 3 is 2.82 bits per heavy atom. The molecule has 0 aliphatic carbocycles. The van der Waals surface area contributed by atoms with Gasteiger partial charge in [0.25, 0.3) is 0 Å². The van der Waals surface area contributed by atoms with E-state index in [1.54, 1.807) is 6.92 Å². The van der Waals surface area contributed by atoms with E-state index in [-0.39, 0.29) is 18.2 Å². The molecule has 7 nitrogen and oxygen atoms in total. The molecule has 0 bridgehead atoms. The monoisotopic (exact) mass is 299 g/mol. The van der Waals surface area contributed by atoms with E-state index in [1.165, 1.54) is 4.68 Å². The van der Waals surface area contributed by atoms with Crippen LogP contribution >= 0.6 is 0 Å². The molecule has 1 atom stereocenters. The number of hydrogen-bond acceptors (Lipinski definition) is 4. The number of benzene rings is 1. The zero-order valence-electron chi connectivity index (χ0n) is 12.7. The second-order valence-electron chi connectivity index (χ2n) is 5.48. The Bertz CT molecular complexity index is 765. The van der Waals surface area contributed by atoms with Crippen molar-refractivity contribution >= 4 is 23.5 Å². The Morgan fingerprint density at radius 1 is 1.32 bits per heavy atom. The molecule has 1 aromatic carbocycles. The van der Waals surface area contributed by atoms with E-state index in [2.05, 4.69) is 20.7 Å². The Labute approximate surface area is 127 Å². The fraction of sp³-hybridized carbons (Fsp3) is 0.333. The van der Waals surface area contributed by atoms with Crippen LogP contribution in [0.3, 0.4) is 0 Å². The number of fused-ring (bicyclic) bond motifs is 1. The maximum Gasteiger partial charge on any atom is 0.249 e. The Kier molecular flexibility index (Phi) is 3.40. The zero-order chi connectivity index (χ0) is 15.9. The third-order valence-electron chi connectivity index (χ3n) is 3.74. The van der Waals surface area contributed by atoms with E-state index in [9.17, 15) is 9.59 Å². The summed E-state index contributed by atoms with van der Waals surface area (Å²) in [4.78, 5) is 28.3. The van der Waals surface area contributed by atoms with Gasteiger partial charge >= 0.3 is 0 Å². The Morgan fingerprint density at radius 2 is 2.09 bits per heavy atom. The van der Waals surface area contributed by atoms with E-state index < -0.39 is 6.04 Å². The van der Waals surface area contributed by atoms with Crippen molar-refractivity contribution in [2.75, 3.05) is 10.6 Å². The summed E-state index contributed by atoms with van der Waals surface area (Å²) in [5, 5.41) is 9.65. The molecule has 7 heteroatoms. The second kappa shape index (κ2) is 5.25. The molecule has 2 aromatic rings. The molecule has 114 valence electrons. The number of nitrogens with zero attached hydrogens (tertiary/aromatic N) is 3. The number of amides is 2. The molecule has 0 fully saturated rings. The Hall–Kier alpha value is -2.70. The molecule has 0 spiro atoms. The van der Waals surface area contributed by atoms with Crippen LogP contribution in [0.5, 0.6) is 0 Å². The van der Waals surface area contributed by atoms with Crippen LogP contribution in [0, 0.1) is 20.8 Å². The predicted molar refractivity (Wildman–Crippen MR) is 81.6 cm³/mol. The molecule has 1 aliphatic heterocycles. The highest BCUT2D eigenvalue weighted by atomic mass is 16.2. The maximum absolute atomic E-state index is 12.5. The molecule has 2 heterocycles. The predicted octanol–water partition coefficient (Wildman–Crippen LogP) is 1.73.